The number of tetrazole rings is 1. The summed E-state index contributed by atoms with van der Waals surface area (Å²) >= 11 is 0.828. The van der Waals surface area contributed by atoms with E-state index in [2.05, 4.69) is 15.5 Å². The van der Waals surface area contributed by atoms with E-state index >= 15 is 0 Å². The molecular weight excluding hydrogens is 286 g/mol. The van der Waals surface area contributed by atoms with Crippen LogP contribution in [-0.2, 0) is 0 Å². The predicted molar refractivity (Wildman–Crippen MR) is 67.6 cm³/mol. The summed E-state index contributed by atoms with van der Waals surface area (Å²) in [4.78, 5) is -0.202. The highest BCUT2D eigenvalue weighted by atomic mass is 32.2. The average molecular weight is 296 g/mol. The van der Waals surface area contributed by atoms with Crippen LogP contribution in [0.5, 0.6) is 0 Å². The van der Waals surface area contributed by atoms with Crippen molar-refractivity contribution < 1.29 is 8.78 Å². The first-order chi connectivity index (χ1) is 9.56. The molecule has 104 valence electrons. The highest BCUT2D eigenvalue weighted by molar-refractivity contribution is 7.99. The molecule has 0 spiro atoms. The molecule has 0 unspecified atom stereocenters. The molecule has 0 aliphatic heterocycles. The van der Waals surface area contributed by atoms with Crippen LogP contribution in [0.15, 0.2) is 22.2 Å². The number of hydrogen-bond donors (Lipinski definition) is 2. The summed E-state index contributed by atoms with van der Waals surface area (Å²) in [7, 11) is 0. The standard InChI is InChI=1S/C11H10F2N6S/c12-7-3-5(10(14)15)4-8(13)9(7)20-11-16-17-18-19(11)6-1-2-6/h3-4,6H,1-2H2,(H3,14,15). The van der Waals surface area contributed by atoms with E-state index in [0.29, 0.717) is 5.16 Å². The maximum Gasteiger partial charge on any atom is 0.214 e. The summed E-state index contributed by atoms with van der Waals surface area (Å²) in [5, 5.41) is 18.7. The number of nitrogens with two attached hydrogens (primary N) is 1. The minimum atomic E-state index is -0.787. The van der Waals surface area contributed by atoms with Crippen molar-refractivity contribution in [2.45, 2.75) is 28.9 Å². The SMILES string of the molecule is N=C(N)c1cc(F)c(Sc2nnnn2C2CC2)c(F)c1. The van der Waals surface area contributed by atoms with E-state index in [9.17, 15) is 8.78 Å². The minimum absolute atomic E-state index is 0.00568. The number of benzene rings is 1. The topological polar surface area (TPSA) is 93.5 Å². The van der Waals surface area contributed by atoms with Crippen LogP contribution in [-0.4, -0.2) is 26.0 Å². The summed E-state index contributed by atoms with van der Waals surface area (Å²) < 4.78 is 29.4. The fourth-order valence-electron chi connectivity index (χ4n) is 1.71. The Hall–Kier alpha value is -2.03. The lowest BCUT2D eigenvalue weighted by Crippen LogP contribution is -2.12. The largest absolute Gasteiger partial charge is 0.384 e. The normalized spacial score (nSPS) is 14.5. The first-order valence-electron chi connectivity index (χ1n) is 5.85. The van der Waals surface area contributed by atoms with Crippen molar-refractivity contribution in [2.24, 2.45) is 5.73 Å². The monoisotopic (exact) mass is 296 g/mol. The number of rotatable bonds is 4. The summed E-state index contributed by atoms with van der Waals surface area (Å²) in [5.41, 5.74) is 5.22. The van der Waals surface area contributed by atoms with Crippen LogP contribution in [0, 0.1) is 17.0 Å². The molecule has 20 heavy (non-hydrogen) atoms. The molecule has 1 aliphatic rings. The van der Waals surface area contributed by atoms with Gasteiger partial charge in [-0.1, -0.05) is 0 Å². The van der Waals surface area contributed by atoms with Crippen LogP contribution >= 0.6 is 11.8 Å². The molecule has 3 rings (SSSR count). The molecular formula is C11H10F2N6S. The maximum absolute atomic E-state index is 13.9. The predicted octanol–water partition coefficient (Wildman–Crippen LogP) is 1.72. The van der Waals surface area contributed by atoms with Crippen LogP contribution in [0.3, 0.4) is 0 Å². The van der Waals surface area contributed by atoms with Crippen LogP contribution in [0.1, 0.15) is 24.4 Å². The Morgan fingerprint density at radius 3 is 2.55 bits per heavy atom. The van der Waals surface area contributed by atoms with Crippen LogP contribution in [0.4, 0.5) is 8.78 Å². The number of nitrogens with one attached hydrogen (secondary N) is 1. The van der Waals surface area contributed by atoms with Crippen molar-refractivity contribution in [1.82, 2.24) is 20.2 Å². The summed E-state index contributed by atoms with van der Waals surface area (Å²) in [6, 6.07) is 2.27. The Bertz CT molecular complexity index is 658. The lowest BCUT2D eigenvalue weighted by molar-refractivity contribution is 0.536. The fraction of sp³-hybridized carbons (Fsp3) is 0.273. The Labute approximate surface area is 116 Å². The number of nitrogen functional groups attached to an aromatic ring is 1. The lowest BCUT2D eigenvalue weighted by atomic mass is 10.2. The van der Waals surface area contributed by atoms with E-state index < -0.39 is 11.6 Å². The van der Waals surface area contributed by atoms with Gasteiger partial charge in [0.1, 0.15) is 17.5 Å². The Kier molecular flexibility index (Phi) is 3.13. The quantitative estimate of drug-likeness (QED) is 0.662. The van der Waals surface area contributed by atoms with Crippen molar-refractivity contribution in [3.63, 3.8) is 0 Å². The molecule has 1 aromatic heterocycles. The molecule has 0 amide bonds. The number of amidine groups is 1. The van der Waals surface area contributed by atoms with Gasteiger partial charge in [-0.05, 0) is 47.2 Å². The summed E-state index contributed by atoms with van der Waals surface area (Å²) in [6.45, 7) is 0. The van der Waals surface area contributed by atoms with Gasteiger partial charge in [-0.25, -0.2) is 13.5 Å². The lowest BCUT2D eigenvalue weighted by Gasteiger charge is -2.07. The average Bonchev–Trinajstić information content (AvgIpc) is 3.13. The van der Waals surface area contributed by atoms with Gasteiger partial charge in [0.25, 0.3) is 0 Å². The molecule has 1 aliphatic carbocycles. The van der Waals surface area contributed by atoms with Gasteiger partial charge in [0.05, 0.1) is 10.9 Å². The highest BCUT2D eigenvalue weighted by Gasteiger charge is 2.29. The van der Waals surface area contributed by atoms with Crippen molar-refractivity contribution in [1.29, 1.82) is 5.41 Å². The second-order valence-electron chi connectivity index (χ2n) is 4.42. The third-order valence-electron chi connectivity index (χ3n) is 2.86. The third kappa shape index (κ3) is 2.36. The molecule has 0 radical (unpaired) electrons. The maximum atomic E-state index is 13.9. The number of nitrogens with zero attached hydrogens (tertiary/aromatic N) is 4. The molecule has 0 atom stereocenters. The van der Waals surface area contributed by atoms with Gasteiger partial charge >= 0.3 is 0 Å². The molecule has 6 nitrogen and oxygen atoms in total. The van der Waals surface area contributed by atoms with E-state index in [1.807, 2.05) is 0 Å². The Morgan fingerprint density at radius 2 is 2.00 bits per heavy atom. The van der Waals surface area contributed by atoms with Gasteiger partial charge in [0.2, 0.25) is 5.16 Å². The molecule has 1 saturated carbocycles. The minimum Gasteiger partial charge on any atom is -0.384 e. The highest BCUT2D eigenvalue weighted by Crippen LogP contribution is 2.39. The second-order valence-corrected chi connectivity index (χ2v) is 5.40. The van der Waals surface area contributed by atoms with E-state index in [4.69, 9.17) is 11.1 Å². The molecule has 1 heterocycles. The zero-order valence-corrected chi connectivity index (χ0v) is 11.0. The van der Waals surface area contributed by atoms with Crippen LogP contribution in [0.25, 0.3) is 0 Å². The first kappa shape index (κ1) is 13.0. The molecule has 1 fully saturated rings. The first-order valence-corrected chi connectivity index (χ1v) is 6.67. The summed E-state index contributed by atoms with van der Waals surface area (Å²) in [5.74, 6) is -1.96. The Balaban J connectivity index is 1.94. The number of halogens is 2. The number of hydrogen-bond acceptors (Lipinski definition) is 5. The molecule has 9 heteroatoms. The van der Waals surface area contributed by atoms with Gasteiger partial charge < -0.3 is 5.73 Å². The number of aromatic nitrogens is 4. The van der Waals surface area contributed by atoms with Crippen molar-refractivity contribution in [3.8, 4) is 0 Å². The second kappa shape index (κ2) is 4.82. The van der Waals surface area contributed by atoms with Gasteiger partial charge in [-0.2, -0.15) is 0 Å². The van der Waals surface area contributed by atoms with Gasteiger partial charge in [-0.15, -0.1) is 5.10 Å². The molecule has 0 bridgehead atoms. The van der Waals surface area contributed by atoms with Gasteiger partial charge in [0.15, 0.2) is 0 Å². The van der Waals surface area contributed by atoms with E-state index in [-0.39, 0.29) is 22.3 Å². The van der Waals surface area contributed by atoms with Crippen LogP contribution < -0.4 is 5.73 Å². The van der Waals surface area contributed by atoms with Crippen molar-refractivity contribution in [3.05, 3.63) is 29.3 Å². The van der Waals surface area contributed by atoms with Crippen LogP contribution in [0.2, 0.25) is 0 Å². The molecule has 2 aromatic rings. The molecule has 1 aromatic carbocycles. The molecule has 0 saturated heterocycles. The van der Waals surface area contributed by atoms with E-state index in [0.717, 1.165) is 36.7 Å². The smallest absolute Gasteiger partial charge is 0.214 e. The fourth-order valence-corrected chi connectivity index (χ4v) is 2.56. The zero-order valence-electron chi connectivity index (χ0n) is 10.2. The van der Waals surface area contributed by atoms with Gasteiger partial charge in [-0.3, -0.25) is 5.41 Å². The van der Waals surface area contributed by atoms with Crippen molar-refractivity contribution in [2.75, 3.05) is 0 Å². The third-order valence-corrected chi connectivity index (χ3v) is 3.90. The van der Waals surface area contributed by atoms with Gasteiger partial charge in [0, 0.05) is 5.56 Å². The van der Waals surface area contributed by atoms with E-state index in [1.54, 1.807) is 4.68 Å². The van der Waals surface area contributed by atoms with E-state index in [1.165, 1.54) is 0 Å². The zero-order chi connectivity index (χ0) is 14.3. The summed E-state index contributed by atoms with van der Waals surface area (Å²) in [6.07, 6.45) is 1.93. The van der Waals surface area contributed by atoms with Crippen molar-refractivity contribution >= 4 is 17.6 Å². The molecule has 3 N–H and O–H groups in total. The Morgan fingerprint density at radius 1 is 1.35 bits per heavy atom.